The predicted molar refractivity (Wildman–Crippen MR) is 177 cm³/mol. The minimum atomic E-state index is -3.64. The van der Waals surface area contributed by atoms with Crippen LogP contribution in [0.15, 0.2) is 48.8 Å². The molecule has 2 aromatic carbocycles. The third kappa shape index (κ3) is 8.56. The number of hydrogen-bond acceptors (Lipinski definition) is 8. The number of nitrogens with one attached hydrogen (secondary N) is 1. The fraction of sp³-hybridized carbons (Fsp3) is 0.455. The van der Waals surface area contributed by atoms with Gasteiger partial charge in [0.15, 0.2) is 23.9 Å². The summed E-state index contributed by atoms with van der Waals surface area (Å²) < 4.78 is 50.6. The van der Waals surface area contributed by atoms with Crippen molar-refractivity contribution in [3.8, 4) is 17.2 Å². The van der Waals surface area contributed by atoms with Crippen molar-refractivity contribution in [3.05, 3.63) is 75.5 Å². The lowest BCUT2D eigenvalue weighted by atomic mass is 10.0. The standard InChI is InChI=1S/C33H39Cl2N3O7S/c1-42-29-11-9-23(16-32(29)43-2)30(18-25-26(34)19-36-20-27(25)35)45-33(39)24-8-10-28(31(17-24)44-21-22-6-7-22)38(46(3,40)41)15-14-37-12-4-5-13-37/h8-11,16-17,19-20,22,30H,4-7,12-15,18,21H2,1-3H3/p+1/t30-/m0/s1. The summed E-state index contributed by atoms with van der Waals surface area (Å²) >= 11 is 13.0. The van der Waals surface area contributed by atoms with Crippen LogP contribution in [-0.2, 0) is 21.2 Å². The number of benzene rings is 2. The van der Waals surface area contributed by atoms with E-state index in [0.717, 1.165) is 38.8 Å². The van der Waals surface area contributed by atoms with Crippen LogP contribution in [0.3, 0.4) is 0 Å². The highest BCUT2D eigenvalue weighted by molar-refractivity contribution is 7.92. The van der Waals surface area contributed by atoms with Crippen molar-refractivity contribution in [3.63, 3.8) is 0 Å². The van der Waals surface area contributed by atoms with Gasteiger partial charge >= 0.3 is 5.97 Å². The van der Waals surface area contributed by atoms with Crippen molar-refractivity contribution in [2.45, 2.75) is 38.2 Å². The zero-order valence-corrected chi connectivity index (χ0v) is 28.6. The van der Waals surface area contributed by atoms with Gasteiger partial charge < -0.3 is 23.8 Å². The lowest BCUT2D eigenvalue weighted by Gasteiger charge is -2.27. The monoisotopic (exact) mass is 692 g/mol. The van der Waals surface area contributed by atoms with Crippen molar-refractivity contribution < 1.29 is 37.1 Å². The van der Waals surface area contributed by atoms with Gasteiger partial charge in [0.05, 0.1) is 38.3 Å². The first kappa shape index (κ1) is 34.1. The molecule has 2 heterocycles. The minimum absolute atomic E-state index is 0.176. The molecule has 1 N–H and O–H groups in total. The SMILES string of the molecule is COc1ccc([C@H](Cc2c(Cl)c[nH+]cc2Cl)OC(=O)c2ccc(N(CCN3CCCC3)S(C)(=O)=O)c(OCC3CC3)c2)cc1OC. The Labute approximate surface area is 280 Å². The van der Waals surface area contributed by atoms with Crippen molar-refractivity contribution in [2.75, 3.05) is 57.6 Å². The molecule has 1 aliphatic carbocycles. The largest absolute Gasteiger partial charge is 0.493 e. The van der Waals surface area contributed by atoms with Crippen LogP contribution < -0.4 is 23.5 Å². The lowest BCUT2D eigenvalue weighted by molar-refractivity contribution is -0.377. The topological polar surface area (TPSA) is 109 Å². The summed E-state index contributed by atoms with van der Waals surface area (Å²) in [4.78, 5) is 18.9. The summed E-state index contributed by atoms with van der Waals surface area (Å²) in [6.07, 6.45) is 8.09. The van der Waals surface area contributed by atoms with E-state index < -0.39 is 22.1 Å². The van der Waals surface area contributed by atoms with Gasteiger partial charge in [0.25, 0.3) is 0 Å². The molecule has 5 rings (SSSR count). The number of sulfonamides is 1. The number of anilines is 1. The number of pyridine rings is 1. The Bertz CT molecular complexity index is 1630. The fourth-order valence-corrected chi connectivity index (χ4v) is 6.95. The maximum Gasteiger partial charge on any atom is 0.338 e. The molecule has 2 fully saturated rings. The number of H-pyrrole nitrogens is 1. The van der Waals surface area contributed by atoms with E-state index >= 15 is 0 Å². The molecule has 0 spiro atoms. The molecule has 1 saturated heterocycles. The van der Waals surface area contributed by atoms with Crippen LogP contribution in [0.4, 0.5) is 5.69 Å². The van der Waals surface area contributed by atoms with Gasteiger partial charge in [-0.05, 0) is 80.6 Å². The van der Waals surface area contributed by atoms with Gasteiger partial charge in [-0.15, -0.1) is 0 Å². The molecule has 1 aromatic heterocycles. The average Bonchev–Trinajstić information content (AvgIpc) is 3.72. The Morgan fingerprint density at radius 2 is 1.70 bits per heavy atom. The maximum atomic E-state index is 13.8. The molecule has 248 valence electrons. The summed E-state index contributed by atoms with van der Waals surface area (Å²) in [6, 6.07) is 10.0. The number of aromatic nitrogens is 1. The van der Waals surface area contributed by atoms with E-state index in [2.05, 4.69) is 9.88 Å². The van der Waals surface area contributed by atoms with Crippen molar-refractivity contribution in [1.82, 2.24) is 4.90 Å². The number of ether oxygens (including phenoxy) is 4. The third-order valence-corrected chi connectivity index (χ3v) is 10.1. The van der Waals surface area contributed by atoms with Crippen LogP contribution in [0, 0.1) is 5.92 Å². The van der Waals surface area contributed by atoms with Gasteiger partial charge in [-0.25, -0.2) is 18.2 Å². The number of hydrogen-bond donors (Lipinski definition) is 0. The molecular formula is C33H40Cl2N3O7S+. The van der Waals surface area contributed by atoms with Crippen LogP contribution in [0.2, 0.25) is 10.0 Å². The molecule has 2 aliphatic rings. The van der Waals surface area contributed by atoms with E-state index in [1.165, 1.54) is 17.7 Å². The van der Waals surface area contributed by atoms with Gasteiger partial charge in [0.2, 0.25) is 10.0 Å². The number of halogens is 2. The molecular weight excluding hydrogens is 653 g/mol. The third-order valence-electron chi connectivity index (χ3n) is 8.27. The highest BCUT2D eigenvalue weighted by atomic mass is 35.5. The van der Waals surface area contributed by atoms with E-state index in [-0.39, 0.29) is 18.5 Å². The van der Waals surface area contributed by atoms with Gasteiger partial charge in [-0.2, -0.15) is 0 Å². The summed E-state index contributed by atoms with van der Waals surface area (Å²) in [6.45, 7) is 3.22. The second-order valence-electron chi connectivity index (χ2n) is 11.7. The predicted octanol–water partition coefficient (Wildman–Crippen LogP) is 5.62. The minimum Gasteiger partial charge on any atom is -0.493 e. The highest BCUT2D eigenvalue weighted by Gasteiger charge is 2.29. The van der Waals surface area contributed by atoms with Gasteiger partial charge in [-0.1, -0.05) is 29.3 Å². The van der Waals surface area contributed by atoms with Crippen LogP contribution in [0.1, 0.15) is 53.3 Å². The molecule has 13 heteroatoms. The molecule has 10 nitrogen and oxygen atoms in total. The molecule has 3 aromatic rings. The first-order chi connectivity index (χ1) is 22.1. The van der Waals surface area contributed by atoms with Gasteiger partial charge in [0.1, 0.15) is 21.9 Å². The molecule has 46 heavy (non-hydrogen) atoms. The van der Waals surface area contributed by atoms with Gasteiger partial charge in [-0.3, -0.25) is 4.31 Å². The average molecular weight is 694 g/mol. The first-order valence-electron chi connectivity index (χ1n) is 15.3. The van der Waals surface area contributed by atoms with Crippen LogP contribution in [0.25, 0.3) is 0 Å². The quantitative estimate of drug-likeness (QED) is 0.189. The molecule has 0 amide bonds. The normalized spacial score (nSPS) is 15.8. The van der Waals surface area contributed by atoms with Crippen LogP contribution >= 0.6 is 23.2 Å². The Hall–Kier alpha value is -3.25. The summed E-state index contributed by atoms with van der Waals surface area (Å²) in [5, 5.41) is 0.785. The van der Waals surface area contributed by atoms with E-state index in [1.807, 2.05) is 0 Å². The number of likely N-dealkylation sites (tertiary alicyclic amines) is 1. The van der Waals surface area contributed by atoms with Crippen molar-refractivity contribution in [1.29, 1.82) is 0 Å². The number of aromatic amines is 1. The zero-order valence-electron chi connectivity index (χ0n) is 26.3. The number of carbonyl (C=O) groups excluding carboxylic acids is 1. The Morgan fingerprint density at radius 1 is 1.00 bits per heavy atom. The highest BCUT2D eigenvalue weighted by Crippen LogP contribution is 2.38. The lowest BCUT2D eigenvalue weighted by Crippen LogP contribution is -2.37. The summed E-state index contributed by atoms with van der Waals surface area (Å²) in [7, 11) is -0.570. The van der Waals surface area contributed by atoms with Crippen LogP contribution in [0.5, 0.6) is 17.2 Å². The van der Waals surface area contributed by atoms with E-state index in [9.17, 15) is 13.2 Å². The molecule has 1 atom stereocenters. The van der Waals surface area contributed by atoms with Crippen LogP contribution in [-0.4, -0.2) is 72.5 Å². The van der Waals surface area contributed by atoms with E-state index in [1.54, 1.807) is 55.9 Å². The second kappa shape index (κ2) is 15.1. The maximum absolute atomic E-state index is 13.8. The fourth-order valence-electron chi connectivity index (χ4n) is 5.49. The summed E-state index contributed by atoms with van der Waals surface area (Å²) in [5.41, 5.74) is 1.85. The molecule has 0 unspecified atom stereocenters. The molecule has 0 radical (unpaired) electrons. The summed E-state index contributed by atoms with van der Waals surface area (Å²) in [5.74, 6) is 1.09. The Balaban J connectivity index is 1.46. The van der Waals surface area contributed by atoms with Crippen molar-refractivity contribution in [2.24, 2.45) is 5.92 Å². The molecule has 1 aliphatic heterocycles. The zero-order chi connectivity index (χ0) is 32.8. The Kier molecular flexibility index (Phi) is 11.2. The first-order valence-corrected chi connectivity index (χ1v) is 17.9. The Morgan fingerprint density at radius 3 is 2.33 bits per heavy atom. The number of esters is 1. The number of rotatable bonds is 15. The van der Waals surface area contributed by atoms with E-state index in [0.29, 0.717) is 63.2 Å². The number of carbonyl (C=O) groups is 1. The molecule has 0 bridgehead atoms. The second-order valence-corrected chi connectivity index (χ2v) is 14.4. The smallest absolute Gasteiger partial charge is 0.338 e. The van der Waals surface area contributed by atoms with Gasteiger partial charge in [0, 0.05) is 25.1 Å². The number of methoxy groups -OCH3 is 2. The molecule has 1 saturated carbocycles. The van der Waals surface area contributed by atoms with E-state index in [4.69, 9.17) is 42.1 Å². The number of nitrogens with zero attached hydrogens (tertiary/aromatic N) is 2. The van der Waals surface area contributed by atoms with Crippen molar-refractivity contribution >= 4 is 44.9 Å².